The first-order valence-electron chi connectivity index (χ1n) is 9.29. The highest BCUT2D eigenvalue weighted by Gasteiger charge is 2.33. The summed E-state index contributed by atoms with van der Waals surface area (Å²) in [5.41, 5.74) is 1.88. The van der Waals surface area contributed by atoms with Crippen molar-refractivity contribution in [1.29, 1.82) is 0 Å². The smallest absolute Gasteiger partial charge is 0.242 e. The van der Waals surface area contributed by atoms with Crippen LogP contribution in [0.25, 0.3) is 6.08 Å². The standard InChI is InChI=1S/C20H23N5O2S/c26-13-17-11-24(12-19(27)25(17)10-15-4-2-1-3-5-15)20-22-7-6-16(23-20)8-18-9-21-14-28-18/h1-8,17,21,26H,9-14H2/b18-8-/t17-/m1/s1. The van der Waals surface area contributed by atoms with Gasteiger partial charge in [-0.3, -0.25) is 4.79 Å². The minimum atomic E-state index is -0.290. The van der Waals surface area contributed by atoms with Crippen molar-refractivity contribution >= 4 is 29.7 Å². The Labute approximate surface area is 168 Å². The van der Waals surface area contributed by atoms with Gasteiger partial charge in [0.15, 0.2) is 0 Å². The number of amides is 1. The first-order valence-corrected chi connectivity index (χ1v) is 10.3. The van der Waals surface area contributed by atoms with E-state index in [1.807, 2.05) is 47.4 Å². The Balaban J connectivity index is 1.50. The molecule has 0 spiro atoms. The van der Waals surface area contributed by atoms with Crippen molar-refractivity contribution in [2.45, 2.75) is 12.6 Å². The number of nitrogens with one attached hydrogen (secondary N) is 1. The van der Waals surface area contributed by atoms with Crippen LogP contribution in [0.4, 0.5) is 5.95 Å². The number of aliphatic hydroxyl groups is 1. The SMILES string of the molecule is O=C1CN(c2nccc(/C=C3/CNCS3)n2)C[C@H](CO)N1Cc1ccccc1. The number of nitrogens with zero attached hydrogens (tertiary/aromatic N) is 4. The molecule has 2 aromatic rings. The molecule has 1 amide bonds. The molecule has 3 heterocycles. The summed E-state index contributed by atoms with van der Waals surface area (Å²) in [5.74, 6) is 1.41. The monoisotopic (exact) mass is 397 g/mol. The lowest BCUT2D eigenvalue weighted by atomic mass is 10.1. The number of carbonyl (C=O) groups is 1. The Bertz CT molecular complexity index is 853. The molecule has 2 N–H and O–H groups in total. The second-order valence-electron chi connectivity index (χ2n) is 6.83. The van der Waals surface area contributed by atoms with Crippen LogP contribution >= 0.6 is 11.8 Å². The summed E-state index contributed by atoms with van der Waals surface area (Å²) >= 11 is 1.77. The Morgan fingerprint density at radius 3 is 2.89 bits per heavy atom. The van der Waals surface area contributed by atoms with Crippen molar-refractivity contribution in [3.63, 3.8) is 0 Å². The fourth-order valence-corrected chi connectivity index (χ4v) is 4.20. The van der Waals surface area contributed by atoms with Crippen LogP contribution in [0.3, 0.4) is 0 Å². The number of rotatable bonds is 5. The summed E-state index contributed by atoms with van der Waals surface area (Å²) in [6.07, 6.45) is 3.77. The number of carbonyl (C=O) groups excluding carboxylic acids is 1. The molecule has 0 radical (unpaired) electrons. The molecule has 0 bridgehead atoms. The van der Waals surface area contributed by atoms with Crippen molar-refractivity contribution in [3.05, 3.63) is 58.8 Å². The summed E-state index contributed by atoms with van der Waals surface area (Å²) < 4.78 is 0. The van der Waals surface area contributed by atoms with Crippen molar-refractivity contribution in [3.8, 4) is 0 Å². The van der Waals surface area contributed by atoms with E-state index in [9.17, 15) is 9.90 Å². The molecule has 7 nitrogen and oxygen atoms in total. The van der Waals surface area contributed by atoms with Crippen molar-refractivity contribution in [2.24, 2.45) is 0 Å². The van der Waals surface area contributed by atoms with Crippen LogP contribution in [0.1, 0.15) is 11.3 Å². The molecule has 1 atom stereocenters. The van der Waals surface area contributed by atoms with Crippen LogP contribution in [0, 0.1) is 0 Å². The van der Waals surface area contributed by atoms with Crippen LogP contribution in [0.2, 0.25) is 0 Å². The van der Waals surface area contributed by atoms with Crippen LogP contribution in [-0.2, 0) is 11.3 Å². The number of anilines is 1. The maximum Gasteiger partial charge on any atom is 0.242 e. The van der Waals surface area contributed by atoms with Gasteiger partial charge in [0.25, 0.3) is 0 Å². The zero-order valence-corrected chi connectivity index (χ0v) is 16.3. The Morgan fingerprint density at radius 2 is 2.14 bits per heavy atom. The van der Waals surface area contributed by atoms with Crippen molar-refractivity contribution in [2.75, 3.05) is 37.0 Å². The Hall–Kier alpha value is -2.42. The number of benzene rings is 1. The van der Waals surface area contributed by atoms with Gasteiger partial charge in [-0.05, 0) is 17.7 Å². The van der Waals surface area contributed by atoms with E-state index in [0.29, 0.717) is 19.0 Å². The van der Waals surface area contributed by atoms with Gasteiger partial charge in [0.2, 0.25) is 11.9 Å². The van der Waals surface area contributed by atoms with E-state index in [1.54, 1.807) is 22.9 Å². The van der Waals surface area contributed by atoms with Crippen LogP contribution in [0.5, 0.6) is 0 Å². The van der Waals surface area contributed by atoms with E-state index >= 15 is 0 Å². The lowest BCUT2D eigenvalue weighted by molar-refractivity contribution is -0.135. The Kier molecular flexibility index (Phi) is 5.90. The van der Waals surface area contributed by atoms with Gasteiger partial charge in [0.05, 0.1) is 18.3 Å². The quantitative estimate of drug-likeness (QED) is 0.788. The number of aromatic nitrogens is 2. The number of hydrogen-bond acceptors (Lipinski definition) is 7. The molecule has 2 aliphatic heterocycles. The molecule has 1 aromatic carbocycles. The van der Waals surface area contributed by atoms with Gasteiger partial charge in [0, 0.05) is 36.6 Å². The third kappa shape index (κ3) is 4.35. The van der Waals surface area contributed by atoms with Crippen LogP contribution < -0.4 is 10.2 Å². The number of thioether (sulfide) groups is 1. The second kappa shape index (κ2) is 8.72. The summed E-state index contributed by atoms with van der Waals surface area (Å²) in [7, 11) is 0. The molecule has 0 aliphatic carbocycles. The largest absolute Gasteiger partial charge is 0.394 e. The normalized spacial score (nSPS) is 21.5. The third-order valence-corrected chi connectivity index (χ3v) is 5.82. The van der Waals surface area contributed by atoms with Crippen molar-refractivity contribution < 1.29 is 9.90 Å². The van der Waals surface area contributed by atoms with E-state index in [4.69, 9.17) is 0 Å². The number of aliphatic hydroxyl groups excluding tert-OH is 1. The maximum atomic E-state index is 12.8. The minimum Gasteiger partial charge on any atom is -0.394 e. The summed E-state index contributed by atoms with van der Waals surface area (Å²) in [6, 6.07) is 11.4. The lowest BCUT2D eigenvalue weighted by Gasteiger charge is -2.40. The van der Waals surface area contributed by atoms with Gasteiger partial charge in [-0.25, -0.2) is 9.97 Å². The fraction of sp³-hybridized carbons (Fsp3) is 0.350. The molecule has 28 heavy (non-hydrogen) atoms. The van der Waals surface area contributed by atoms with Crippen molar-refractivity contribution in [1.82, 2.24) is 20.2 Å². The van der Waals surface area contributed by atoms with E-state index in [-0.39, 0.29) is 25.1 Å². The summed E-state index contributed by atoms with van der Waals surface area (Å²) in [4.78, 5) is 26.6. The third-order valence-electron chi connectivity index (χ3n) is 4.84. The average molecular weight is 398 g/mol. The van der Waals surface area contributed by atoms with Crippen LogP contribution in [-0.4, -0.2) is 64.0 Å². The summed E-state index contributed by atoms with van der Waals surface area (Å²) in [6.45, 7) is 1.97. The van der Waals surface area contributed by atoms with E-state index in [2.05, 4.69) is 15.3 Å². The molecule has 2 fully saturated rings. The highest BCUT2D eigenvalue weighted by atomic mass is 32.2. The Morgan fingerprint density at radius 1 is 1.29 bits per heavy atom. The maximum absolute atomic E-state index is 12.8. The second-order valence-corrected chi connectivity index (χ2v) is 7.93. The van der Waals surface area contributed by atoms with Gasteiger partial charge in [-0.2, -0.15) is 0 Å². The van der Waals surface area contributed by atoms with Crippen LogP contribution in [0.15, 0.2) is 47.5 Å². The molecule has 4 rings (SSSR count). The predicted octanol–water partition coefficient (Wildman–Crippen LogP) is 1.32. The van der Waals surface area contributed by atoms with E-state index in [0.717, 1.165) is 23.7 Å². The predicted molar refractivity (Wildman–Crippen MR) is 111 cm³/mol. The first kappa shape index (κ1) is 18.9. The van der Waals surface area contributed by atoms with E-state index < -0.39 is 0 Å². The molecular formula is C20H23N5O2S. The minimum absolute atomic E-state index is 0.0305. The molecule has 1 aromatic heterocycles. The van der Waals surface area contributed by atoms with Gasteiger partial charge in [-0.1, -0.05) is 30.3 Å². The highest BCUT2D eigenvalue weighted by Crippen LogP contribution is 2.23. The highest BCUT2D eigenvalue weighted by molar-refractivity contribution is 8.03. The number of hydrogen-bond donors (Lipinski definition) is 2. The molecule has 2 aliphatic rings. The zero-order chi connectivity index (χ0) is 19.3. The first-order chi connectivity index (χ1) is 13.7. The topological polar surface area (TPSA) is 81.6 Å². The molecule has 0 unspecified atom stereocenters. The average Bonchev–Trinajstić information content (AvgIpc) is 3.23. The van der Waals surface area contributed by atoms with E-state index in [1.165, 1.54) is 4.91 Å². The van der Waals surface area contributed by atoms with Gasteiger partial charge < -0.3 is 20.2 Å². The molecule has 0 saturated carbocycles. The van der Waals surface area contributed by atoms with Gasteiger partial charge in [0.1, 0.15) is 6.54 Å². The summed E-state index contributed by atoms with van der Waals surface area (Å²) in [5, 5.41) is 13.2. The molecule has 146 valence electrons. The fourth-order valence-electron chi connectivity index (χ4n) is 3.40. The molecule has 8 heteroatoms. The number of piperazine rings is 1. The molecule has 2 saturated heterocycles. The zero-order valence-electron chi connectivity index (χ0n) is 15.5. The lowest BCUT2D eigenvalue weighted by Crippen LogP contribution is -2.57. The van der Waals surface area contributed by atoms with Gasteiger partial charge in [-0.15, -0.1) is 11.8 Å². The molecular weight excluding hydrogens is 374 g/mol. The van der Waals surface area contributed by atoms with Gasteiger partial charge >= 0.3 is 0 Å².